The summed E-state index contributed by atoms with van der Waals surface area (Å²) < 4.78 is 4.43. The molecule has 1 unspecified atom stereocenters. The number of hydrogen-bond acceptors (Lipinski definition) is 2. The van der Waals surface area contributed by atoms with Gasteiger partial charge < -0.3 is 10.1 Å². The summed E-state index contributed by atoms with van der Waals surface area (Å²) in [6.07, 6.45) is 3.07. The minimum absolute atomic E-state index is 0.334. The molecule has 0 aromatic heterocycles. The normalized spacial score (nSPS) is 12.2. The van der Waals surface area contributed by atoms with Crippen molar-refractivity contribution in [2.24, 2.45) is 5.92 Å². The van der Waals surface area contributed by atoms with E-state index in [1.54, 1.807) is 0 Å². The lowest BCUT2D eigenvalue weighted by Crippen LogP contribution is -2.24. The fourth-order valence-electron chi connectivity index (χ4n) is 0.917. The summed E-state index contributed by atoms with van der Waals surface area (Å²) in [7, 11) is 1.38. The van der Waals surface area contributed by atoms with Crippen molar-refractivity contribution in [2.75, 3.05) is 13.7 Å². The molecule has 0 saturated heterocycles. The monoisotopic (exact) mass is 173 g/mol. The van der Waals surface area contributed by atoms with Crippen LogP contribution in [0.3, 0.4) is 0 Å². The highest BCUT2D eigenvalue weighted by Gasteiger charge is 1.99. The van der Waals surface area contributed by atoms with E-state index < -0.39 is 0 Å². The Hall–Kier alpha value is -0.730. The summed E-state index contributed by atoms with van der Waals surface area (Å²) in [6, 6.07) is 0. The van der Waals surface area contributed by atoms with Crippen molar-refractivity contribution < 1.29 is 9.53 Å². The highest BCUT2D eigenvalue weighted by Crippen LogP contribution is 2.07. The molecule has 3 nitrogen and oxygen atoms in total. The molecule has 72 valence electrons. The van der Waals surface area contributed by atoms with Crippen LogP contribution in [0.2, 0.25) is 0 Å². The van der Waals surface area contributed by atoms with Gasteiger partial charge in [-0.25, -0.2) is 4.79 Å². The fourth-order valence-corrected chi connectivity index (χ4v) is 0.917. The third kappa shape index (κ3) is 6.01. The Bertz CT molecular complexity index is 126. The number of carbonyl (C=O) groups excluding carboxylic acids is 1. The Morgan fingerprint density at radius 3 is 2.75 bits per heavy atom. The summed E-state index contributed by atoms with van der Waals surface area (Å²) in [5, 5.41) is 2.65. The van der Waals surface area contributed by atoms with E-state index in [1.807, 2.05) is 0 Å². The van der Waals surface area contributed by atoms with E-state index in [1.165, 1.54) is 20.0 Å². The number of carbonyl (C=O) groups is 1. The maximum Gasteiger partial charge on any atom is 0.406 e. The Morgan fingerprint density at radius 1 is 1.58 bits per heavy atom. The number of rotatable bonds is 5. The van der Waals surface area contributed by atoms with Crippen LogP contribution >= 0.6 is 0 Å². The van der Waals surface area contributed by atoms with Gasteiger partial charge in [0.05, 0.1) is 7.11 Å². The molecule has 0 aliphatic heterocycles. The van der Waals surface area contributed by atoms with Crippen LogP contribution in [0.25, 0.3) is 0 Å². The molecule has 0 aliphatic carbocycles. The summed E-state index contributed by atoms with van der Waals surface area (Å²) in [5.41, 5.74) is 0. The average molecular weight is 173 g/mol. The zero-order valence-corrected chi connectivity index (χ0v) is 8.22. The molecular weight excluding hydrogens is 154 g/mol. The van der Waals surface area contributed by atoms with Crippen molar-refractivity contribution in [3.63, 3.8) is 0 Å². The fraction of sp³-hybridized carbons (Fsp3) is 0.889. The van der Waals surface area contributed by atoms with Gasteiger partial charge in [-0.1, -0.05) is 20.3 Å². The van der Waals surface area contributed by atoms with E-state index in [0.717, 1.165) is 18.9 Å². The predicted octanol–water partition coefficient (Wildman–Crippen LogP) is 2.17. The van der Waals surface area contributed by atoms with Crippen molar-refractivity contribution in [2.45, 2.75) is 33.1 Å². The first-order chi connectivity index (χ1) is 5.70. The van der Waals surface area contributed by atoms with Crippen LogP contribution in [-0.4, -0.2) is 19.7 Å². The topological polar surface area (TPSA) is 38.3 Å². The van der Waals surface area contributed by atoms with Gasteiger partial charge in [-0.2, -0.15) is 0 Å². The van der Waals surface area contributed by atoms with Gasteiger partial charge in [0.25, 0.3) is 0 Å². The van der Waals surface area contributed by atoms with E-state index in [0.29, 0.717) is 0 Å². The molecule has 0 radical (unpaired) electrons. The molecule has 1 atom stereocenters. The standard InChI is InChI=1S/C9H19NO2/c1-4-8(2)6-5-7-10-9(11)12-3/h8H,4-7H2,1-3H3,(H,10,11). The first-order valence-corrected chi connectivity index (χ1v) is 4.52. The second kappa shape index (κ2) is 6.95. The van der Waals surface area contributed by atoms with E-state index in [-0.39, 0.29) is 6.09 Å². The minimum Gasteiger partial charge on any atom is -0.453 e. The van der Waals surface area contributed by atoms with Gasteiger partial charge >= 0.3 is 6.09 Å². The second-order valence-electron chi connectivity index (χ2n) is 3.07. The average Bonchev–Trinajstić information content (AvgIpc) is 2.11. The number of amides is 1. The van der Waals surface area contributed by atoms with Gasteiger partial charge in [-0.05, 0) is 18.8 Å². The lowest BCUT2D eigenvalue weighted by atomic mass is 10.0. The quantitative estimate of drug-likeness (QED) is 0.647. The highest BCUT2D eigenvalue weighted by molar-refractivity contribution is 5.66. The van der Waals surface area contributed by atoms with Crippen LogP contribution in [0.4, 0.5) is 4.79 Å². The predicted molar refractivity (Wildman–Crippen MR) is 49.1 cm³/mol. The van der Waals surface area contributed by atoms with Crippen molar-refractivity contribution in [1.29, 1.82) is 0 Å². The van der Waals surface area contributed by atoms with E-state index in [2.05, 4.69) is 23.9 Å². The second-order valence-corrected chi connectivity index (χ2v) is 3.07. The van der Waals surface area contributed by atoms with Crippen molar-refractivity contribution in [3.8, 4) is 0 Å². The Morgan fingerprint density at radius 2 is 2.25 bits per heavy atom. The molecule has 0 fully saturated rings. The molecule has 0 heterocycles. The van der Waals surface area contributed by atoms with Gasteiger partial charge in [0.1, 0.15) is 0 Å². The van der Waals surface area contributed by atoms with Crippen LogP contribution < -0.4 is 5.32 Å². The molecule has 0 aliphatic rings. The highest BCUT2D eigenvalue weighted by atomic mass is 16.5. The van der Waals surface area contributed by atoms with Gasteiger partial charge in [0.2, 0.25) is 0 Å². The van der Waals surface area contributed by atoms with Crippen LogP contribution in [-0.2, 0) is 4.74 Å². The zero-order chi connectivity index (χ0) is 9.40. The maximum absolute atomic E-state index is 10.6. The van der Waals surface area contributed by atoms with Gasteiger partial charge in [0, 0.05) is 6.54 Å². The first-order valence-electron chi connectivity index (χ1n) is 4.52. The smallest absolute Gasteiger partial charge is 0.406 e. The summed E-state index contributed by atoms with van der Waals surface area (Å²) in [6.45, 7) is 5.12. The molecule has 0 aromatic rings. The molecule has 0 spiro atoms. The maximum atomic E-state index is 10.6. The number of ether oxygens (including phenoxy) is 1. The van der Waals surface area contributed by atoms with Crippen molar-refractivity contribution in [1.82, 2.24) is 5.32 Å². The summed E-state index contributed by atoms with van der Waals surface area (Å²) in [5.74, 6) is 0.754. The Balaban J connectivity index is 3.15. The van der Waals surface area contributed by atoms with E-state index in [9.17, 15) is 4.79 Å². The lowest BCUT2D eigenvalue weighted by molar-refractivity contribution is 0.170. The molecule has 1 N–H and O–H groups in total. The summed E-state index contributed by atoms with van der Waals surface area (Å²) >= 11 is 0. The molecule has 12 heavy (non-hydrogen) atoms. The van der Waals surface area contributed by atoms with Crippen LogP contribution in [0.15, 0.2) is 0 Å². The largest absolute Gasteiger partial charge is 0.453 e. The zero-order valence-electron chi connectivity index (χ0n) is 8.22. The van der Waals surface area contributed by atoms with Crippen LogP contribution in [0.5, 0.6) is 0 Å². The number of hydrogen-bond donors (Lipinski definition) is 1. The molecule has 0 bridgehead atoms. The summed E-state index contributed by atoms with van der Waals surface area (Å²) in [4.78, 5) is 10.6. The lowest BCUT2D eigenvalue weighted by Gasteiger charge is -2.07. The van der Waals surface area contributed by atoms with Crippen molar-refractivity contribution >= 4 is 6.09 Å². The molecule has 3 heteroatoms. The number of alkyl carbamates (subject to hydrolysis) is 1. The molecule has 0 rings (SSSR count). The van der Waals surface area contributed by atoms with E-state index in [4.69, 9.17) is 0 Å². The number of nitrogens with one attached hydrogen (secondary N) is 1. The van der Waals surface area contributed by atoms with Gasteiger partial charge in [0.15, 0.2) is 0 Å². The SMILES string of the molecule is CCC(C)CCCNC(=O)OC. The Kier molecular flexibility index (Phi) is 6.53. The van der Waals surface area contributed by atoms with Gasteiger partial charge in [-0.3, -0.25) is 0 Å². The molecular formula is C9H19NO2. The van der Waals surface area contributed by atoms with Crippen LogP contribution in [0.1, 0.15) is 33.1 Å². The number of methoxy groups -OCH3 is 1. The Labute approximate surface area is 74.5 Å². The molecule has 0 aromatic carbocycles. The first kappa shape index (κ1) is 11.3. The van der Waals surface area contributed by atoms with Crippen molar-refractivity contribution in [3.05, 3.63) is 0 Å². The molecule has 1 amide bonds. The molecule has 0 saturated carbocycles. The minimum atomic E-state index is -0.334. The third-order valence-corrected chi connectivity index (χ3v) is 2.03. The van der Waals surface area contributed by atoms with Crippen LogP contribution in [0, 0.1) is 5.92 Å². The van der Waals surface area contributed by atoms with Gasteiger partial charge in [-0.15, -0.1) is 0 Å². The van der Waals surface area contributed by atoms with E-state index >= 15 is 0 Å². The third-order valence-electron chi connectivity index (χ3n) is 2.03.